The highest BCUT2D eigenvalue weighted by atomic mass is 32.1. The molecule has 3 heterocycles. The summed E-state index contributed by atoms with van der Waals surface area (Å²) in [6, 6.07) is 5.25. The third kappa shape index (κ3) is 3.16. The smallest absolute Gasteiger partial charge is 0.270 e. The molecule has 28 heavy (non-hydrogen) atoms. The van der Waals surface area contributed by atoms with Crippen molar-refractivity contribution in [2.24, 2.45) is 0 Å². The Bertz CT molecular complexity index is 1160. The van der Waals surface area contributed by atoms with Crippen LogP contribution in [0.3, 0.4) is 0 Å². The zero-order chi connectivity index (χ0) is 19.7. The molecule has 0 aliphatic rings. The number of aryl methyl sites for hydroxylation is 1. The average Bonchev–Trinajstić information content (AvgIpc) is 3.31. The topological polar surface area (TPSA) is 108 Å². The Balaban J connectivity index is 1.67. The van der Waals surface area contributed by atoms with Crippen LogP contribution in [0.4, 0.5) is 10.2 Å². The second-order valence-corrected chi connectivity index (χ2v) is 6.51. The maximum Gasteiger partial charge on any atom is 0.270 e. The molecular formula is C17H14FN7O2S. The van der Waals surface area contributed by atoms with Crippen molar-refractivity contribution in [3.05, 3.63) is 47.0 Å². The lowest BCUT2D eigenvalue weighted by atomic mass is 10.3. The maximum absolute atomic E-state index is 13.5. The highest BCUT2D eigenvalue weighted by molar-refractivity contribution is 7.08. The van der Waals surface area contributed by atoms with Crippen LogP contribution in [0.5, 0.6) is 5.75 Å². The summed E-state index contributed by atoms with van der Waals surface area (Å²) in [6.45, 7) is 0.929. The number of amides is 1. The fourth-order valence-electron chi connectivity index (χ4n) is 2.69. The van der Waals surface area contributed by atoms with Crippen molar-refractivity contribution < 1.29 is 13.9 Å². The summed E-state index contributed by atoms with van der Waals surface area (Å²) >= 11 is 1.00. The van der Waals surface area contributed by atoms with Crippen molar-refractivity contribution in [3.63, 3.8) is 0 Å². The second kappa shape index (κ2) is 7.27. The lowest BCUT2D eigenvalue weighted by molar-refractivity contribution is 0.102. The first kappa shape index (κ1) is 17.9. The monoisotopic (exact) mass is 399 g/mol. The van der Waals surface area contributed by atoms with Gasteiger partial charge in [-0.2, -0.15) is 0 Å². The quantitative estimate of drug-likeness (QED) is 0.550. The van der Waals surface area contributed by atoms with Gasteiger partial charge in [0.25, 0.3) is 5.91 Å². The molecule has 11 heteroatoms. The first-order valence-corrected chi connectivity index (χ1v) is 8.92. The van der Waals surface area contributed by atoms with Gasteiger partial charge in [0.1, 0.15) is 23.1 Å². The fraction of sp³-hybridized carbons (Fsp3) is 0.176. The number of carbonyl (C=O) groups is 1. The molecule has 9 nitrogen and oxygen atoms in total. The molecule has 0 spiro atoms. The second-order valence-electron chi connectivity index (χ2n) is 5.75. The number of imidazole rings is 1. The summed E-state index contributed by atoms with van der Waals surface area (Å²) in [4.78, 5) is 25.4. The Morgan fingerprint density at radius 2 is 2.18 bits per heavy atom. The maximum atomic E-state index is 13.5. The molecule has 0 saturated heterocycles. The third-order valence-electron chi connectivity index (χ3n) is 4.02. The van der Waals surface area contributed by atoms with Gasteiger partial charge in [-0.1, -0.05) is 4.49 Å². The number of fused-ring (bicyclic) bond motifs is 1. The van der Waals surface area contributed by atoms with E-state index in [0.29, 0.717) is 33.2 Å². The van der Waals surface area contributed by atoms with E-state index in [2.05, 4.69) is 29.9 Å². The summed E-state index contributed by atoms with van der Waals surface area (Å²) in [6.07, 6.45) is 2.83. The predicted octanol–water partition coefficient (Wildman–Crippen LogP) is 2.71. The van der Waals surface area contributed by atoms with Crippen LogP contribution in [0.2, 0.25) is 0 Å². The molecule has 1 amide bonds. The van der Waals surface area contributed by atoms with Crippen molar-refractivity contribution in [1.29, 1.82) is 0 Å². The first-order valence-electron chi connectivity index (χ1n) is 8.14. The van der Waals surface area contributed by atoms with Crippen LogP contribution in [0.1, 0.15) is 21.2 Å². The Morgan fingerprint density at radius 1 is 1.32 bits per heavy atom. The zero-order valence-electron chi connectivity index (χ0n) is 14.9. The molecule has 0 atom stereocenters. The standard InChI is InChI=1S/C17H14FN7O2S/c1-9-16(28-24-23-9)17(26)22-13-7-20-15(8-19-13)25-12-5-10(27-2)3-4-11(12)21-14(25)6-18/h3-5,7-8H,6H2,1-2H3,(H,19,22,26). The minimum atomic E-state index is -0.769. The molecule has 0 radical (unpaired) electrons. The summed E-state index contributed by atoms with van der Waals surface area (Å²) in [5, 5.41) is 6.45. The molecule has 142 valence electrons. The Labute approximate surface area is 162 Å². The fourth-order valence-corrected chi connectivity index (χ4v) is 3.24. The van der Waals surface area contributed by atoms with Crippen molar-refractivity contribution >= 4 is 34.3 Å². The molecule has 0 aliphatic heterocycles. The van der Waals surface area contributed by atoms with Crippen molar-refractivity contribution in [1.82, 2.24) is 29.1 Å². The van der Waals surface area contributed by atoms with E-state index in [9.17, 15) is 9.18 Å². The highest BCUT2D eigenvalue weighted by Gasteiger charge is 2.16. The molecule has 0 aliphatic carbocycles. The summed E-state index contributed by atoms with van der Waals surface area (Å²) < 4.78 is 24.0. The molecule has 3 aromatic heterocycles. The van der Waals surface area contributed by atoms with E-state index in [1.807, 2.05) is 0 Å². The van der Waals surface area contributed by atoms with E-state index in [1.165, 1.54) is 12.4 Å². The summed E-state index contributed by atoms with van der Waals surface area (Å²) in [5.74, 6) is 1.07. The van der Waals surface area contributed by atoms with Gasteiger partial charge in [-0.05, 0) is 30.6 Å². The normalized spacial score (nSPS) is 11.0. The van der Waals surface area contributed by atoms with Gasteiger partial charge in [0.15, 0.2) is 11.6 Å². The van der Waals surface area contributed by atoms with Gasteiger partial charge in [-0.3, -0.25) is 9.36 Å². The van der Waals surface area contributed by atoms with E-state index in [4.69, 9.17) is 4.74 Å². The van der Waals surface area contributed by atoms with Gasteiger partial charge in [-0.25, -0.2) is 19.3 Å². The van der Waals surface area contributed by atoms with E-state index in [0.717, 1.165) is 11.5 Å². The number of nitrogens with one attached hydrogen (secondary N) is 1. The number of rotatable bonds is 5. The molecule has 4 rings (SSSR count). The summed E-state index contributed by atoms with van der Waals surface area (Å²) in [7, 11) is 1.55. The Hall–Kier alpha value is -3.47. The van der Waals surface area contributed by atoms with Crippen molar-refractivity contribution in [3.8, 4) is 11.6 Å². The number of carbonyl (C=O) groups excluding carboxylic acids is 1. The molecule has 0 fully saturated rings. The van der Waals surface area contributed by atoms with Crippen molar-refractivity contribution in [2.45, 2.75) is 13.6 Å². The van der Waals surface area contributed by atoms with Gasteiger partial charge in [0.05, 0.1) is 36.2 Å². The molecule has 1 N–H and O–H groups in total. The number of anilines is 1. The molecule has 0 saturated carbocycles. The van der Waals surface area contributed by atoms with Crippen LogP contribution in [-0.4, -0.2) is 42.1 Å². The van der Waals surface area contributed by atoms with Crippen LogP contribution >= 0.6 is 11.5 Å². The van der Waals surface area contributed by atoms with Gasteiger partial charge >= 0.3 is 0 Å². The van der Waals surface area contributed by atoms with E-state index >= 15 is 0 Å². The zero-order valence-corrected chi connectivity index (χ0v) is 15.7. The lowest BCUT2D eigenvalue weighted by Crippen LogP contribution is -2.13. The first-order chi connectivity index (χ1) is 13.6. The SMILES string of the molecule is COc1ccc2nc(CF)n(-c3cnc(NC(=O)c4snnc4C)cn3)c2c1. The largest absolute Gasteiger partial charge is 0.497 e. The number of halogens is 1. The van der Waals surface area contributed by atoms with Crippen LogP contribution in [0.15, 0.2) is 30.6 Å². The van der Waals surface area contributed by atoms with Crippen LogP contribution in [-0.2, 0) is 6.67 Å². The number of hydrogen-bond donors (Lipinski definition) is 1. The van der Waals surface area contributed by atoms with Gasteiger partial charge in [-0.15, -0.1) is 5.10 Å². The van der Waals surface area contributed by atoms with Gasteiger partial charge in [0.2, 0.25) is 0 Å². The molecule has 0 bridgehead atoms. The van der Waals surface area contributed by atoms with Crippen LogP contribution in [0, 0.1) is 6.92 Å². The Kier molecular flexibility index (Phi) is 4.65. The molecule has 0 unspecified atom stereocenters. The number of alkyl halides is 1. The minimum Gasteiger partial charge on any atom is -0.497 e. The van der Waals surface area contributed by atoms with Crippen LogP contribution < -0.4 is 10.1 Å². The third-order valence-corrected chi connectivity index (χ3v) is 4.84. The minimum absolute atomic E-state index is 0.195. The Morgan fingerprint density at radius 3 is 2.82 bits per heavy atom. The average molecular weight is 399 g/mol. The number of benzene rings is 1. The number of ether oxygens (including phenoxy) is 1. The lowest BCUT2D eigenvalue weighted by Gasteiger charge is -2.08. The predicted molar refractivity (Wildman–Crippen MR) is 101 cm³/mol. The van der Waals surface area contributed by atoms with Crippen molar-refractivity contribution in [2.75, 3.05) is 12.4 Å². The summed E-state index contributed by atoms with van der Waals surface area (Å²) in [5.41, 5.74) is 1.80. The van der Waals surface area contributed by atoms with Crippen LogP contribution in [0.25, 0.3) is 16.9 Å². The van der Waals surface area contributed by atoms with E-state index in [-0.39, 0.29) is 17.5 Å². The van der Waals surface area contributed by atoms with E-state index < -0.39 is 6.67 Å². The molecular weight excluding hydrogens is 385 g/mol. The highest BCUT2D eigenvalue weighted by Crippen LogP contribution is 2.25. The number of aromatic nitrogens is 6. The molecule has 4 aromatic rings. The number of nitrogens with zero attached hydrogens (tertiary/aromatic N) is 6. The number of methoxy groups -OCH3 is 1. The molecule has 1 aromatic carbocycles. The number of hydrogen-bond acceptors (Lipinski definition) is 8. The van der Waals surface area contributed by atoms with Gasteiger partial charge < -0.3 is 10.1 Å². The van der Waals surface area contributed by atoms with E-state index in [1.54, 1.807) is 36.8 Å². The van der Waals surface area contributed by atoms with Gasteiger partial charge in [0, 0.05) is 6.07 Å².